The topological polar surface area (TPSA) is 142 Å². The van der Waals surface area contributed by atoms with Gasteiger partial charge in [0.15, 0.2) is 11.5 Å². The van der Waals surface area contributed by atoms with Crippen molar-refractivity contribution < 1.29 is 31.9 Å². The maximum atomic E-state index is 15.1. The van der Waals surface area contributed by atoms with Crippen LogP contribution in [0.4, 0.5) is 14.5 Å². The second-order valence-electron chi connectivity index (χ2n) is 7.61. The minimum atomic E-state index is -4.02. The van der Waals surface area contributed by atoms with Gasteiger partial charge in [-0.1, -0.05) is 19.1 Å². The van der Waals surface area contributed by atoms with Crippen LogP contribution in [0.1, 0.15) is 39.8 Å². The average molecular weight is 500 g/mol. The number of H-pyrrole nitrogens is 1. The number of halogens is 2. The number of aromatic carboxylic acids is 1. The maximum absolute atomic E-state index is 15.1. The Bertz CT molecular complexity index is 1570. The normalized spacial score (nSPS) is 11.5. The van der Waals surface area contributed by atoms with E-state index in [0.29, 0.717) is 11.1 Å². The summed E-state index contributed by atoms with van der Waals surface area (Å²) in [5, 5.41) is 15.8. The zero-order valence-corrected chi connectivity index (χ0v) is 19.0. The highest BCUT2D eigenvalue weighted by atomic mass is 32.2. The molecule has 0 saturated carbocycles. The molecule has 0 aliphatic heterocycles. The number of carboxylic acids is 1. The van der Waals surface area contributed by atoms with Crippen molar-refractivity contribution in [3.05, 3.63) is 77.1 Å². The molecule has 4 aromatic rings. The quantitative estimate of drug-likeness (QED) is 0.311. The van der Waals surface area contributed by atoms with Gasteiger partial charge in [-0.15, -0.1) is 0 Å². The highest BCUT2D eigenvalue weighted by molar-refractivity contribution is 7.92. The van der Waals surface area contributed by atoms with Gasteiger partial charge in [0.2, 0.25) is 15.8 Å². The van der Waals surface area contributed by atoms with Crippen molar-refractivity contribution >= 4 is 38.5 Å². The molecule has 3 N–H and O–H groups in total. The van der Waals surface area contributed by atoms with Gasteiger partial charge in [0.25, 0.3) is 0 Å². The fourth-order valence-electron chi connectivity index (χ4n) is 3.46. The number of nitrogens with zero attached hydrogens (tertiary/aromatic N) is 2. The van der Waals surface area contributed by atoms with Gasteiger partial charge in [0.05, 0.1) is 22.3 Å². The van der Waals surface area contributed by atoms with Crippen molar-refractivity contribution in [2.24, 2.45) is 0 Å². The van der Waals surface area contributed by atoms with Gasteiger partial charge in [-0.05, 0) is 42.3 Å². The number of aromatic amines is 1. The smallest absolute Gasteiger partial charge is 0.335 e. The number of pyridine rings is 1. The van der Waals surface area contributed by atoms with Crippen LogP contribution < -0.4 is 4.72 Å². The maximum Gasteiger partial charge on any atom is 0.335 e. The van der Waals surface area contributed by atoms with Gasteiger partial charge < -0.3 is 5.11 Å². The van der Waals surface area contributed by atoms with Crippen LogP contribution in [-0.2, 0) is 10.0 Å². The number of aromatic nitrogens is 3. The van der Waals surface area contributed by atoms with Crippen molar-refractivity contribution in [2.75, 3.05) is 10.5 Å². The summed E-state index contributed by atoms with van der Waals surface area (Å²) in [6, 6.07) is 9.25. The van der Waals surface area contributed by atoms with E-state index in [4.69, 9.17) is 5.11 Å². The molecule has 0 aliphatic carbocycles. The number of nitrogens with one attached hydrogen (secondary N) is 2. The Hall–Kier alpha value is -4.19. The lowest BCUT2D eigenvalue weighted by Gasteiger charge is -2.11. The van der Waals surface area contributed by atoms with E-state index < -0.39 is 44.7 Å². The number of hydrogen-bond acceptors (Lipinski definition) is 6. The lowest BCUT2D eigenvalue weighted by atomic mass is 10.0. The fourth-order valence-corrected chi connectivity index (χ4v) is 4.60. The molecule has 0 aliphatic rings. The molecule has 0 fully saturated rings. The highest BCUT2D eigenvalue weighted by Gasteiger charge is 2.25. The van der Waals surface area contributed by atoms with Crippen molar-refractivity contribution in [3.8, 4) is 11.1 Å². The summed E-state index contributed by atoms with van der Waals surface area (Å²) in [5.74, 6) is -4.87. The number of rotatable bonds is 8. The zero-order valence-electron chi connectivity index (χ0n) is 18.2. The second-order valence-corrected chi connectivity index (χ2v) is 9.45. The van der Waals surface area contributed by atoms with Crippen molar-refractivity contribution in [3.63, 3.8) is 0 Å². The number of ketones is 1. The number of hydrogen-bond donors (Lipinski definition) is 3. The van der Waals surface area contributed by atoms with Gasteiger partial charge in [0, 0.05) is 11.8 Å². The Labute approximate surface area is 197 Å². The molecule has 35 heavy (non-hydrogen) atoms. The fraction of sp³-hybridized carbons (Fsp3) is 0.130. The highest BCUT2D eigenvalue weighted by Crippen LogP contribution is 2.29. The van der Waals surface area contributed by atoms with Crippen LogP contribution in [0.3, 0.4) is 0 Å². The van der Waals surface area contributed by atoms with Crippen molar-refractivity contribution in [2.45, 2.75) is 13.3 Å². The zero-order chi connectivity index (χ0) is 25.3. The van der Waals surface area contributed by atoms with Gasteiger partial charge >= 0.3 is 5.97 Å². The number of fused-ring (bicyclic) bond motifs is 1. The average Bonchev–Trinajstić information content (AvgIpc) is 3.25. The van der Waals surface area contributed by atoms with E-state index in [9.17, 15) is 22.4 Å². The molecule has 0 unspecified atom stereocenters. The second kappa shape index (κ2) is 9.22. The summed E-state index contributed by atoms with van der Waals surface area (Å²) >= 11 is 0. The molecule has 0 amide bonds. The van der Waals surface area contributed by atoms with Gasteiger partial charge in [-0.3, -0.25) is 14.6 Å². The molecule has 0 saturated heterocycles. The third-order valence-electron chi connectivity index (χ3n) is 5.16. The van der Waals surface area contributed by atoms with Crippen LogP contribution in [-0.4, -0.2) is 46.2 Å². The van der Waals surface area contributed by atoms with E-state index in [1.165, 1.54) is 18.3 Å². The van der Waals surface area contributed by atoms with Crippen LogP contribution in [0.15, 0.2) is 48.7 Å². The van der Waals surface area contributed by atoms with E-state index in [1.807, 2.05) is 4.72 Å². The van der Waals surface area contributed by atoms with E-state index >= 15 is 4.39 Å². The molecule has 0 spiro atoms. The molecule has 2 heterocycles. The van der Waals surface area contributed by atoms with Crippen LogP contribution in [0.2, 0.25) is 0 Å². The molecule has 0 bridgehead atoms. The Kier molecular flexibility index (Phi) is 6.31. The van der Waals surface area contributed by atoms with E-state index in [0.717, 1.165) is 12.1 Å². The summed E-state index contributed by atoms with van der Waals surface area (Å²) < 4.78 is 55.3. The van der Waals surface area contributed by atoms with Crippen LogP contribution in [0, 0.1) is 11.6 Å². The predicted molar refractivity (Wildman–Crippen MR) is 124 cm³/mol. The van der Waals surface area contributed by atoms with E-state index in [1.54, 1.807) is 25.1 Å². The van der Waals surface area contributed by atoms with Gasteiger partial charge in [-0.2, -0.15) is 5.10 Å². The molecule has 9 nitrogen and oxygen atoms in total. The minimum absolute atomic E-state index is 0.0964. The number of carbonyl (C=O) groups excluding carboxylic acids is 1. The first-order valence-electron chi connectivity index (χ1n) is 10.3. The monoisotopic (exact) mass is 500 g/mol. The first-order chi connectivity index (χ1) is 16.6. The Morgan fingerprint density at radius 2 is 1.80 bits per heavy atom. The Balaban J connectivity index is 1.75. The van der Waals surface area contributed by atoms with Crippen LogP contribution in [0.25, 0.3) is 22.2 Å². The molecule has 0 radical (unpaired) electrons. The lowest BCUT2D eigenvalue weighted by molar-refractivity contribution is 0.0696. The summed E-state index contributed by atoms with van der Waals surface area (Å²) in [7, 11) is -4.02. The van der Waals surface area contributed by atoms with Crippen molar-refractivity contribution in [1.29, 1.82) is 0 Å². The number of carboxylic acid groups (broad SMARTS) is 1. The molecule has 2 aromatic heterocycles. The molecular weight excluding hydrogens is 482 g/mol. The SMILES string of the molecule is CCCS(=O)(=O)Nc1c(F)ccc(C(=O)c2n[nH]c3ncc(-c4ccc(C(=O)O)cc4)cc23)c1F. The molecule has 180 valence electrons. The Morgan fingerprint density at radius 1 is 1.09 bits per heavy atom. The molecule has 0 atom stereocenters. The summed E-state index contributed by atoms with van der Waals surface area (Å²) in [6.45, 7) is 1.59. The first kappa shape index (κ1) is 24.0. The van der Waals surface area contributed by atoms with Gasteiger partial charge in [0.1, 0.15) is 17.2 Å². The Morgan fingerprint density at radius 3 is 2.46 bits per heavy atom. The number of sulfonamides is 1. The summed E-state index contributed by atoms with van der Waals surface area (Å²) in [4.78, 5) is 28.4. The largest absolute Gasteiger partial charge is 0.478 e. The predicted octanol–water partition coefficient (Wildman–Crippen LogP) is 3.98. The standard InChI is InChI=1S/C23H18F2N4O5S/c1-2-9-35(33,34)29-20-17(24)8-7-15(18(20)25)21(30)19-16-10-14(11-26-22(16)28-27-19)12-3-5-13(6-4-12)23(31)32/h3-8,10-11,29H,2,9H2,1H3,(H,31,32)(H,26,27,28). The molecule has 2 aromatic carbocycles. The summed E-state index contributed by atoms with van der Waals surface area (Å²) in [5.41, 5.74) is -0.247. The lowest BCUT2D eigenvalue weighted by Crippen LogP contribution is -2.19. The molecular formula is C23H18F2N4O5S. The summed E-state index contributed by atoms with van der Waals surface area (Å²) in [6.07, 6.45) is 1.72. The number of carbonyl (C=O) groups is 2. The molecule has 12 heteroatoms. The van der Waals surface area contributed by atoms with Crippen LogP contribution in [0.5, 0.6) is 0 Å². The van der Waals surface area contributed by atoms with E-state index in [-0.39, 0.29) is 34.5 Å². The third kappa shape index (κ3) is 4.73. The number of anilines is 1. The van der Waals surface area contributed by atoms with Gasteiger partial charge in [-0.25, -0.2) is 27.0 Å². The van der Waals surface area contributed by atoms with Crippen molar-refractivity contribution in [1.82, 2.24) is 15.2 Å². The van der Waals surface area contributed by atoms with Crippen LogP contribution >= 0.6 is 0 Å². The molecule has 4 rings (SSSR count). The third-order valence-corrected chi connectivity index (χ3v) is 6.62. The number of benzene rings is 2. The van der Waals surface area contributed by atoms with E-state index in [2.05, 4.69) is 15.2 Å². The first-order valence-corrected chi connectivity index (χ1v) is 12.0. The minimum Gasteiger partial charge on any atom is -0.478 e.